The van der Waals surface area contributed by atoms with Gasteiger partial charge in [-0.15, -0.1) is 0 Å². The molecule has 0 unspecified atom stereocenters. The molecule has 0 saturated carbocycles. The molecular weight excluding hydrogens is 176 g/mol. The van der Waals surface area contributed by atoms with E-state index in [1.54, 1.807) is 12.3 Å². The highest BCUT2D eigenvalue weighted by molar-refractivity contribution is 5.42. The zero-order chi connectivity index (χ0) is 10.1. The molecule has 1 aromatic carbocycles. The Hall–Kier alpha value is -1.77. The van der Waals surface area contributed by atoms with Gasteiger partial charge in [0.15, 0.2) is 0 Å². The van der Waals surface area contributed by atoms with Crippen LogP contribution in [0.4, 0.5) is 0 Å². The molecule has 0 aliphatic heterocycles. The molecule has 0 fully saturated rings. The summed E-state index contributed by atoms with van der Waals surface area (Å²) in [5.74, 6) is 0.318. The molecule has 1 N–H and O–H groups in total. The van der Waals surface area contributed by atoms with E-state index in [0.29, 0.717) is 5.75 Å². The van der Waals surface area contributed by atoms with Crippen molar-refractivity contribution in [3.05, 3.63) is 41.7 Å². The van der Waals surface area contributed by atoms with Crippen LogP contribution in [0.3, 0.4) is 0 Å². The first-order valence-electron chi connectivity index (χ1n) is 4.49. The lowest BCUT2D eigenvalue weighted by molar-refractivity contribution is 0.471. The number of aryl methyl sites for hydroxylation is 2. The van der Waals surface area contributed by atoms with Gasteiger partial charge in [0.2, 0.25) is 0 Å². The molecule has 0 radical (unpaired) electrons. The van der Waals surface area contributed by atoms with E-state index in [0.717, 1.165) is 16.9 Å². The van der Waals surface area contributed by atoms with Crippen LogP contribution in [-0.2, 0) is 0 Å². The molecule has 14 heavy (non-hydrogen) atoms. The van der Waals surface area contributed by atoms with Crippen molar-refractivity contribution in [1.29, 1.82) is 0 Å². The number of phenols is 1. The van der Waals surface area contributed by atoms with E-state index in [-0.39, 0.29) is 0 Å². The Balaban J connectivity index is 2.53. The van der Waals surface area contributed by atoms with E-state index in [9.17, 15) is 5.11 Å². The number of rotatable bonds is 1. The summed E-state index contributed by atoms with van der Waals surface area (Å²) in [5.41, 5.74) is 2.91. The van der Waals surface area contributed by atoms with Crippen LogP contribution >= 0.6 is 0 Å². The Kier molecular flexibility index (Phi) is 2.00. The fourth-order valence-electron chi connectivity index (χ4n) is 1.41. The second kappa shape index (κ2) is 3.18. The molecule has 0 aliphatic carbocycles. The molecular formula is C11H12N2O. The minimum absolute atomic E-state index is 0.318. The summed E-state index contributed by atoms with van der Waals surface area (Å²) >= 11 is 0. The maximum Gasteiger partial charge on any atom is 0.118 e. The second-order valence-corrected chi connectivity index (χ2v) is 3.36. The van der Waals surface area contributed by atoms with Gasteiger partial charge in [-0.3, -0.25) is 0 Å². The lowest BCUT2D eigenvalue weighted by Crippen LogP contribution is -1.98. The number of aromatic nitrogens is 2. The third kappa shape index (κ3) is 1.37. The second-order valence-electron chi connectivity index (χ2n) is 3.36. The average molecular weight is 188 g/mol. The molecule has 72 valence electrons. The molecule has 0 amide bonds. The van der Waals surface area contributed by atoms with Crippen molar-refractivity contribution in [3.8, 4) is 11.4 Å². The van der Waals surface area contributed by atoms with Gasteiger partial charge in [-0.2, -0.15) is 5.10 Å². The minimum Gasteiger partial charge on any atom is -0.508 e. The molecule has 1 aromatic heterocycles. The van der Waals surface area contributed by atoms with Gasteiger partial charge < -0.3 is 5.11 Å². The topological polar surface area (TPSA) is 38.0 Å². The van der Waals surface area contributed by atoms with Gasteiger partial charge in [-0.05, 0) is 43.7 Å². The van der Waals surface area contributed by atoms with Crippen LogP contribution in [0, 0.1) is 13.8 Å². The fourth-order valence-corrected chi connectivity index (χ4v) is 1.41. The Labute approximate surface area is 82.6 Å². The summed E-state index contributed by atoms with van der Waals surface area (Å²) in [4.78, 5) is 0. The highest BCUT2D eigenvalue weighted by atomic mass is 16.3. The first kappa shape index (κ1) is 8.81. The Bertz CT molecular complexity index is 460. The SMILES string of the molecule is Cc1cc(-n2nccc2C)ccc1O. The molecule has 3 heteroatoms. The standard InChI is InChI=1S/C11H12N2O/c1-8-7-10(3-4-11(8)14)13-9(2)5-6-12-13/h3-7,14H,1-2H3. The van der Waals surface area contributed by atoms with E-state index in [4.69, 9.17) is 0 Å². The van der Waals surface area contributed by atoms with E-state index < -0.39 is 0 Å². The van der Waals surface area contributed by atoms with Crippen LogP contribution in [0.15, 0.2) is 30.5 Å². The fraction of sp³-hybridized carbons (Fsp3) is 0.182. The number of aromatic hydroxyl groups is 1. The smallest absolute Gasteiger partial charge is 0.118 e. The van der Waals surface area contributed by atoms with Gasteiger partial charge in [0.25, 0.3) is 0 Å². The molecule has 3 nitrogen and oxygen atoms in total. The first-order valence-corrected chi connectivity index (χ1v) is 4.49. The maximum absolute atomic E-state index is 9.38. The van der Waals surface area contributed by atoms with Crippen LogP contribution in [0.5, 0.6) is 5.75 Å². The Morgan fingerprint density at radius 3 is 2.57 bits per heavy atom. The largest absolute Gasteiger partial charge is 0.508 e. The molecule has 0 saturated heterocycles. The molecule has 2 aromatic rings. The number of hydrogen-bond donors (Lipinski definition) is 1. The number of phenolic OH excluding ortho intramolecular Hbond substituents is 1. The quantitative estimate of drug-likeness (QED) is 0.745. The van der Waals surface area contributed by atoms with Crippen LogP contribution in [0.2, 0.25) is 0 Å². The minimum atomic E-state index is 0.318. The summed E-state index contributed by atoms with van der Waals surface area (Å²) in [6, 6.07) is 7.39. The van der Waals surface area contributed by atoms with Gasteiger partial charge in [0.05, 0.1) is 5.69 Å². The molecule has 0 aliphatic rings. The van der Waals surface area contributed by atoms with Crippen molar-refractivity contribution in [2.45, 2.75) is 13.8 Å². The predicted molar refractivity (Wildman–Crippen MR) is 54.7 cm³/mol. The highest BCUT2D eigenvalue weighted by Gasteiger charge is 2.02. The summed E-state index contributed by atoms with van der Waals surface area (Å²) in [7, 11) is 0. The van der Waals surface area contributed by atoms with Gasteiger partial charge in [-0.25, -0.2) is 4.68 Å². The number of benzene rings is 1. The van der Waals surface area contributed by atoms with Gasteiger partial charge in [-0.1, -0.05) is 0 Å². The van der Waals surface area contributed by atoms with Crippen LogP contribution in [-0.4, -0.2) is 14.9 Å². The molecule has 1 heterocycles. The molecule has 0 bridgehead atoms. The van der Waals surface area contributed by atoms with Crippen LogP contribution in [0.25, 0.3) is 5.69 Å². The summed E-state index contributed by atoms with van der Waals surface area (Å²) in [6.45, 7) is 3.87. The van der Waals surface area contributed by atoms with Gasteiger partial charge >= 0.3 is 0 Å². The predicted octanol–water partition coefficient (Wildman–Crippen LogP) is 2.19. The molecule has 2 rings (SSSR count). The third-order valence-electron chi connectivity index (χ3n) is 2.26. The zero-order valence-corrected chi connectivity index (χ0v) is 8.23. The van der Waals surface area contributed by atoms with E-state index in [2.05, 4.69) is 5.10 Å². The van der Waals surface area contributed by atoms with Gasteiger partial charge in [0, 0.05) is 11.9 Å². The first-order chi connectivity index (χ1) is 6.68. The third-order valence-corrected chi connectivity index (χ3v) is 2.26. The highest BCUT2D eigenvalue weighted by Crippen LogP contribution is 2.19. The van der Waals surface area contributed by atoms with Crippen molar-refractivity contribution >= 4 is 0 Å². The maximum atomic E-state index is 9.38. The van der Waals surface area contributed by atoms with Crippen molar-refractivity contribution in [1.82, 2.24) is 9.78 Å². The lowest BCUT2D eigenvalue weighted by atomic mass is 10.2. The van der Waals surface area contributed by atoms with Crippen molar-refractivity contribution in [2.75, 3.05) is 0 Å². The van der Waals surface area contributed by atoms with E-state index >= 15 is 0 Å². The zero-order valence-electron chi connectivity index (χ0n) is 8.23. The van der Waals surface area contributed by atoms with Crippen molar-refractivity contribution < 1.29 is 5.11 Å². The summed E-state index contributed by atoms with van der Waals surface area (Å²) in [6.07, 6.45) is 1.76. The van der Waals surface area contributed by atoms with Crippen LogP contribution < -0.4 is 0 Å². The summed E-state index contributed by atoms with van der Waals surface area (Å²) in [5, 5.41) is 13.6. The number of hydrogen-bond acceptors (Lipinski definition) is 2. The lowest BCUT2D eigenvalue weighted by Gasteiger charge is -2.06. The van der Waals surface area contributed by atoms with E-state index in [1.807, 2.05) is 36.7 Å². The van der Waals surface area contributed by atoms with Crippen LogP contribution in [0.1, 0.15) is 11.3 Å². The van der Waals surface area contributed by atoms with E-state index in [1.165, 1.54) is 0 Å². The molecule has 0 spiro atoms. The Morgan fingerprint density at radius 1 is 1.21 bits per heavy atom. The summed E-state index contributed by atoms with van der Waals surface area (Å²) < 4.78 is 1.84. The van der Waals surface area contributed by atoms with Gasteiger partial charge in [0.1, 0.15) is 5.75 Å². The van der Waals surface area contributed by atoms with Crippen molar-refractivity contribution in [3.63, 3.8) is 0 Å². The monoisotopic (exact) mass is 188 g/mol. The normalized spacial score (nSPS) is 10.4. The number of nitrogens with zero attached hydrogens (tertiary/aromatic N) is 2. The Morgan fingerprint density at radius 2 is 2.00 bits per heavy atom. The molecule has 0 atom stereocenters. The average Bonchev–Trinajstić information content (AvgIpc) is 2.57. The van der Waals surface area contributed by atoms with Crippen molar-refractivity contribution in [2.24, 2.45) is 0 Å².